The van der Waals surface area contributed by atoms with Crippen LogP contribution in [0, 0.1) is 0 Å². The Labute approximate surface area is 107 Å². The van der Waals surface area contributed by atoms with E-state index in [-0.39, 0.29) is 0 Å². The van der Waals surface area contributed by atoms with Crippen LogP contribution in [0.25, 0.3) is 0 Å². The first-order valence-corrected chi connectivity index (χ1v) is 6.35. The molecule has 0 heterocycles. The molecule has 0 saturated carbocycles. The molecule has 0 aliphatic carbocycles. The van der Waals surface area contributed by atoms with Crippen molar-refractivity contribution in [1.82, 2.24) is 0 Å². The predicted octanol–water partition coefficient (Wildman–Crippen LogP) is 4.54. The molecule has 0 fully saturated rings. The Bertz CT molecular complexity index is 401. The minimum atomic E-state index is 0.325. The van der Waals surface area contributed by atoms with Crippen LogP contribution in [0.15, 0.2) is 52.0 Å². The van der Waals surface area contributed by atoms with Crippen molar-refractivity contribution in [3.63, 3.8) is 0 Å². The van der Waals surface area contributed by atoms with Crippen molar-refractivity contribution in [3.05, 3.63) is 47.1 Å². The van der Waals surface area contributed by atoms with Crippen molar-refractivity contribution in [3.8, 4) is 5.75 Å². The Kier molecular flexibility index (Phi) is 5.70. The first-order valence-electron chi connectivity index (χ1n) is 5.54. The fourth-order valence-electron chi connectivity index (χ4n) is 1.23. The molecule has 0 spiro atoms. The molecule has 3 heteroatoms. The van der Waals surface area contributed by atoms with Gasteiger partial charge in [-0.3, -0.25) is 0 Å². The third-order valence-corrected chi connectivity index (χ3v) is 3.36. The normalized spacial score (nSPS) is 12.6. The van der Waals surface area contributed by atoms with E-state index < -0.39 is 0 Å². The van der Waals surface area contributed by atoms with Crippen LogP contribution < -0.4 is 4.74 Å². The second kappa shape index (κ2) is 7.07. The lowest BCUT2D eigenvalue weighted by Crippen LogP contribution is -1.82. The van der Waals surface area contributed by atoms with E-state index in [9.17, 15) is 0 Å². The highest BCUT2D eigenvalue weighted by Crippen LogP contribution is 2.30. The van der Waals surface area contributed by atoms with Gasteiger partial charge >= 0.3 is 0 Å². The molecule has 0 bridgehead atoms. The predicted molar refractivity (Wildman–Crippen MR) is 73.6 cm³/mol. The Morgan fingerprint density at radius 3 is 2.41 bits per heavy atom. The summed E-state index contributed by atoms with van der Waals surface area (Å²) in [5.41, 5.74) is 0. The summed E-state index contributed by atoms with van der Waals surface area (Å²) in [6.07, 6.45) is 4.61. The van der Waals surface area contributed by atoms with Gasteiger partial charge in [-0.05, 0) is 54.7 Å². The van der Waals surface area contributed by atoms with E-state index in [0.29, 0.717) is 5.76 Å². The van der Waals surface area contributed by atoms with Gasteiger partial charge in [0.2, 0.25) is 0 Å². The summed E-state index contributed by atoms with van der Waals surface area (Å²) in [5.74, 6) is 1.19. The Morgan fingerprint density at radius 2 is 1.94 bits per heavy atom. The molecule has 2 nitrogen and oxygen atoms in total. The summed E-state index contributed by atoms with van der Waals surface area (Å²) in [6.45, 7) is 3.77. The molecule has 1 aromatic rings. The number of methoxy groups -OCH3 is 1. The summed E-state index contributed by atoms with van der Waals surface area (Å²) in [4.78, 5) is 2.38. The highest BCUT2D eigenvalue weighted by Gasteiger charge is 1.99. The molecule has 0 amide bonds. The van der Waals surface area contributed by atoms with Crippen LogP contribution in [0.2, 0.25) is 0 Å². The number of allylic oxidation sites excluding steroid dienone is 4. The molecule has 1 N–H and O–H groups in total. The number of aliphatic hydroxyl groups is 1. The number of hydrogen-bond acceptors (Lipinski definition) is 3. The van der Waals surface area contributed by atoms with Crippen LogP contribution in [-0.2, 0) is 0 Å². The molecular formula is C14H18O2S. The summed E-state index contributed by atoms with van der Waals surface area (Å²) < 4.78 is 5.11. The number of aliphatic hydroxyl groups excluding tert-OH is 1. The molecule has 0 aliphatic rings. The largest absolute Gasteiger partial charge is 0.513 e. The molecule has 1 aromatic carbocycles. The highest BCUT2D eigenvalue weighted by atomic mass is 32.2. The number of benzene rings is 1. The van der Waals surface area contributed by atoms with Crippen molar-refractivity contribution in [2.45, 2.75) is 25.2 Å². The molecule has 1 rings (SSSR count). The zero-order valence-corrected chi connectivity index (χ0v) is 11.3. The van der Waals surface area contributed by atoms with Crippen LogP contribution >= 0.6 is 11.8 Å². The van der Waals surface area contributed by atoms with Gasteiger partial charge < -0.3 is 9.84 Å². The number of hydrogen-bond donors (Lipinski definition) is 1. The first kappa shape index (κ1) is 13.7. The van der Waals surface area contributed by atoms with Crippen molar-refractivity contribution in [2.75, 3.05) is 7.11 Å². The Morgan fingerprint density at radius 1 is 1.29 bits per heavy atom. The van der Waals surface area contributed by atoms with Gasteiger partial charge in [0.1, 0.15) is 5.75 Å². The minimum absolute atomic E-state index is 0.325. The van der Waals surface area contributed by atoms with Crippen LogP contribution in [0.1, 0.15) is 20.3 Å². The van der Waals surface area contributed by atoms with Gasteiger partial charge in [0.25, 0.3) is 0 Å². The van der Waals surface area contributed by atoms with Crippen LogP contribution in [0.3, 0.4) is 0 Å². The molecule has 0 unspecified atom stereocenters. The van der Waals surface area contributed by atoms with Gasteiger partial charge in [0.05, 0.1) is 12.9 Å². The van der Waals surface area contributed by atoms with Gasteiger partial charge in [0, 0.05) is 4.90 Å². The monoisotopic (exact) mass is 250 g/mol. The van der Waals surface area contributed by atoms with Gasteiger partial charge in [-0.1, -0.05) is 18.7 Å². The van der Waals surface area contributed by atoms with Gasteiger partial charge in [-0.2, -0.15) is 0 Å². The van der Waals surface area contributed by atoms with E-state index in [1.807, 2.05) is 30.3 Å². The third-order valence-electron chi connectivity index (χ3n) is 2.17. The SMILES string of the molecule is CC/C(=C\C=C(/C)O)Sc1ccc(OC)cc1. The number of thioether (sulfide) groups is 1. The van der Waals surface area contributed by atoms with E-state index in [4.69, 9.17) is 9.84 Å². The van der Waals surface area contributed by atoms with E-state index in [0.717, 1.165) is 12.2 Å². The first-order chi connectivity index (χ1) is 8.15. The van der Waals surface area contributed by atoms with E-state index in [1.54, 1.807) is 31.9 Å². The van der Waals surface area contributed by atoms with Crippen molar-refractivity contribution < 1.29 is 9.84 Å². The lowest BCUT2D eigenvalue weighted by molar-refractivity contribution is 0.414. The van der Waals surface area contributed by atoms with Crippen molar-refractivity contribution in [1.29, 1.82) is 0 Å². The molecule has 0 radical (unpaired) electrons. The Balaban J connectivity index is 2.73. The van der Waals surface area contributed by atoms with Gasteiger partial charge in [-0.25, -0.2) is 0 Å². The molecule has 0 saturated heterocycles. The molecule has 17 heavy (non-hydrogen) atoms. The molecule has 0 aromatic heterocycles. The summed E-state index contributed by atoms with van der Waals surface area (Å²) >= 11 is 1.70. The maximum atomic E-state index is 9.12. The van der Waals surface area contributed by atoms with Crippen molar-refractivity contribution >= 4 is 11.8 Å². The van der Waals surface area contributed by atoms with Gasteiger partial charge in [-0.15, -0.1) is 0 Å². The van der Waals surface area contributed by atoms with Crippen LogP contribution in [0.4, 0.5) is 0 Å². The molecule has 92 valence electrons. The lowest BCUT2D eigenvalue weighted by Gasteiger charge is -2.05. The molecular weight excluding hydrogens is 232 g/mol. The second-order valence-corrected chi connectivity index (χ2v) is 4.77. The van der Waals surface area contributed by atoms with E-state index >= 15 is 0 Å². The zero-order valence-electron chi connectivity index (χ0n) is 10.4. The molecule has 0 aliphatic heterocycles. The fraction of sp³-hybridized carbons (Fsp3) is 0.286. The van der Waals surface area contributed by atoms with E-state index in [2.05, 4.69) is 6.92 Å². The van der Waals surface area contributed by atoms with Crippen LogP contribution in [0.5, 0.6) is 5.75 Å². The third kappa shape index (κ3) is 5.00. The fourth-order valence-corrected chi connectivity index (χ4v) is 2.09. The average molecular weight is 250 g/mol. The maximum absolute atomic E-state index is 9.12. The topological polar surface area (TPSA) is 29.5 Å². The summed E-state index contributed by atoms with van der Waals surface area (Å²) in [7, 11) is 1.66. The molecule has 0 atom stereocenters. The lowest BCUT2D eigenvalue weighted by atomic mass is 10.3. The summed E-state index contributed by atoms with van der Waals surface area (Å²) in [5, 5.41) is 9.12. The second-order valence-electron chi connectivity index (χ2n) is 3.57. The number of ether oxygens (including phenoxy) is 1. The van der Waals surface area contributed by atoms with Gasteiger partial charge in [0.15, 0.2) is 0 Å². The highest BCUT2D eigenvalue weighted by molar-refractivity contribution is 8.03. The number of rotatable bonds is 5. The Hall–Kier alpha value is -1.35. The average Bonchev–Trinajstić information content (AvgIpc) is 2.35. The maximum Gasteiger partial charge on any atom is 0.118 e. The van der Waals surface area contributed by atoms with Crippen LogP contribution in [-0.4, -0.2) is 12.2 Å². The standard InChI is InChI=1S/C14H18O2S/c1-4-13(8-5-11(2)15)17-14-9-6-12(16-3)7-10-14/h5-10,15H,4H2,1-3H3/b11-5+,13-8+. The quantitative estimate of drug-likeness (QED) is 0.472. The van der Waals surface area contributed by atoms with Crippen molar-refractivity contribution in [2.24, 2.45) is 0 Å². The smallest absolute Gasteiger partial charge is 0.118 e. The van der Waals surface area contributed by atoms with E-state index in [1.165, 1.54) is 9.80 Å². The zero-order chi connectivity index (χ0) is 12.7. The summed E-state index contributed by atoms with van der Waals surface area (Å²) in [6, 6.07) is 7.95. The minimum Gasteiger partial charge on any atom is -0.513 e.